The molecule has 1 aromatic heterocycles. The molecule has 0 unspecified atom stereocenters. The van der Waals surface area contributed by atoms with Crippen molar-refractivity contribution >= 4 is 11.5 Å². The van der Waals surface area contributed by atoms with Crippen molar-refractivity contribution in [1.29, 1.82) is 0 Å². The summed E-state index contributed by atoms with van der Waals surface area (Å²) in [5.74, 6) is -0.0799. The first-order valence-electron chi connectivity index (χ1n) is 6.82. The number of hydrogen-bond acceptors (Lipinski definition) is 5. The first kappa shape index (κ1) is 17.6. The van der Waals surface area contributed by atoms with E-state index in [9.17, 15) is 23.3 Å². The van der Waals surface area contributed by atoms with Crippen LogP contribution >= 0.6 is 0 Å². The van der Waals surface area contributed by atoms with Crippen molar-refractivity contribution in [2.24, 2.45) is 7.05 Å². The topological polar surface area (TPSA) is 73.4 Å². The lowest BCUT2D eigenvalue weighted by Crippen LogP contribution is -2.21. The van der Waals surface area contributed by atoms with Crippen molar-refractivity contribution in [3.63, 3.8) is 0 Å². The number of aryl methyl sites for hydroxylation is 2. The Hall–Kier alpha value is -2.78. The molecule has 0 saturated heterocycles. The van der Waals surface area contributed by atoms with Crippen LogP contribution in [-0.2, 0) is 13.6 Å². The van der Waals surface area contributed by atoms with Crippen molar-refractivity contribution in [1.82, 2.24) is 9.78 Å². The second-order valence-electron chi connectivity index (χ2n) is 5.19. The van der Waals surface area contributed by atoms with E-state index in [1.54, 1.807) is 25.1 Å². The minimum atomic E-state index is -4.78. The maximum Gasteiger partial charge on any atom is 0.573 e. The van der Waals surface area contributed by atoms with Gasteiger partial charge in [-0.2, -0.15) is 5.10 Å². The summed E-state index contributed by atoms with van der Waals surface area (Å²) in [5, 5.41) is 15.2. The number of hydrogen-bond donors (Lipinski definition) is 0. The first-order valence-corrected chi connectivity index (χ1v) is 6.82. The van der Waals surface area contributed by atoms with Gasteiger partial charge in [-0.3, -0.25) is 10.1 Å². The van der Waals surface area contributed by atoms with E-state index in [-0.39, 0.29) is 29.5 Å². The largest absolute Gasteiger partial charge is 0.573 e. The highest BCUT2D eigenvalue weighted by molar-refractivity contribution is 5.61. The molecule has 2 aromatic rings. The first-order chi connectivity index (χ1) is 11.1. The van der Waals surface area contributed by atoms with Gasteiger partial charge in [0.05, 0.1) is 4.92 Å². The van der Waals surface area contributed by atoms with Crippen LogP contribution in [0.3, 0.4) is 0 Å². The number of nitro groups is 1. The molecule has 0 saturated carbocycles. The van der Waals surface area contributed by atoms with Crippen LogP contribution in [0.4, 0.5) is 24.7 Å². The zero-order valence-corrected chi connectivity index (χ0v) is 13.2. The van der Waals surface area contributed by atoms with E-state index in [2.05, 4.69) is 9.84 Å². The maximum absolute atomic E-state index is 12.3. The molecule has 0 atom stereocenters. The van der Waals surface area contributed by atoms with Crippen LogP contribution < -0.4 is 9.64 Å². The molecule has 0 amide bonds. The third-order valence-electron chi connectivity index (χ3n) is 3.26. The molecule has 2 rings (SSSR count). The van der Waals surface area contributed by atoms with Crippen molar-refractivity contribution in [2.45, 2.75) is 19.8 Å². The summed E-state index contributed by atoms with van der Waals surface area (Å²) in [6.45, 7) is 1.67. The zero-order chi connectivity index (χ0) is 18.1. The monoisotopic (exact) mass is 344 g/mol. The van der Waals surface area contributed by atoms with Gasteiger partial charge in [0, 0.05) is 20.6 Å². The van der Waals surface area contributed by atoms with Gasteiger partial charge < -0.3 is 9.64 Å². The fraction of sp³-hybridized carbons (Fsp3) is 0.357. The Labute approximate surface area is 135 Å². The number of alkyl halides is 3. The van der Waals surface area contributed by atoms with E-state index in [0.29, 0.717) is 5.56 Å². The van der Waals surface area contributed by atoms with Crippen molar-refractivity contribution in [3.8, 4) is 5.75 Å². The molecule has 0 radical (unpaired) electrons. The van der Waals surface area contributed by atoms with Crippen LogP contribution in [0, 0.1) is 17.0 Å². The van der Waals surface area contributed by atoms with E-state index in [0.717, 1.165) is 0 Å². The minimum Gasteiger partial charge on any atom is -0.406 e. The Kier molecular flexibility index (Phi) is 4.67. The van der Waals surface area contributed by atoms with Gasteiger partial charge in [-0.1, -0.05) is 12.1 Å². The van der Waals surface area contributed by atoms with E-state index in [1.165, 1.54) is 29.8 Å². The lowest BCUT2D eigenvalue weighted by molar-refractivity contribution is -0.384. The Bertz CT molecular complexity index is 758. The molecule has 0 fully saturated rings. The number of rotatable bonds is 5. The quantitative estimate of drug-likeness (QED) is 0.615. The van der Waals surface area contributed by atoms with Gasteiger partial charge >= 0.3 is 12.0 Å². The fourth-order valence-electron chi connectivity index (χ4n) is 2.47. The SMILES string of the molecule is Cc1nn(C)c(N(C)Cc2cccc(OC(F)(F)F)c2)c1[N+](=O)[O-]. The molecule has 0 N–H and O–H groups in total. The van der Waals surface area contributed by atoms with Gasteiger partial charge in [0.1, 0.15) is 11.4 Å². The molecule has 1 aromatic carbocycles. The molecule has 0 spiro atoms. The number of aromatic nitrogens is 2. The molecule has 24 heavy (non-hydrogen) atoms. The lowest BCUT2D eigenvalue weighted by atomic mass is 10.2. The number of ether oxygens (including phenoxy) is 1. The molecule has 0 aliphatic heterocycles. The van der Waals surface area contributed by atoms with Gasteiger partial charge in [-0.05, 0) is 24.6 Å². The molecule has 0 bridgehead atoms. The number of halogens is 3. The molecule has 7 nitrogen and oxygen atoms in total. The molecule has 10 heteroatoms. The van der Waals surface area contributed by atoms with Crippen LogP contribution in [0.1, 0.15) is 11.3 Å². The third-order valence-corrected chi connectivity index (χ3v) is 3.26. The normalized spacial score (nSPS) is 11.4. The number of benzene rings is 1. The summed E-state index contributed by atoms with van der Waals surface area (Å²) in [5.41, 5.74) is 0.633. The summed E-state index contributed by atoms with van der Waals surface area (Å²) < 4.78 is 42.1. The van der Waals surface area contributed by atoms with E-state index in [4.69, 9.17) is 0 Å². The second-order valence-corrected chi connectivity index (χ2v) is 5.19. The van der Waals surface area contributed by atoms with Crippen LogP contribution in [0.15, 0.2) is 24.3 Å². The Morgan fingerprint density at radius 2 is 2.08 bits per heavy atom. The van der Waals surface area contributed by atoms with Crippen LogP contribution in [0.5, 0.6) is 5.75 Å². The Morgan fingerprint density at radius 1 is 1.42 bits per heavy atom. The number of nitrogens with zero attached hydrogens (tertiary/aromatic N) is 4. The van der Waals surface area contributed by atoms with Crippen LogP contribution in [-0.4, -0.2) is 28.1 Å². The predicted molar refractivity (Wildman–Crippen MR) is 79.8 cm³/mol. The highest BCUT2D eigenvalue weighted by Gasteiger charge is 2.31. The summed E-state index contributed by atoms with van der Waals surface area (Å²) in [4.78, 5) is 12.2. The standard InChI is InChI=1S/C14H15F3N4O3/c1-9-12(21(22)23)13(20(3)18-9)19(2)8-10-5-4-6-11(7-10)24-14(15,16)17/h4-7H,8H2,1-3H3. The Balaban J connectivity index is 2.26. The second kappa shape index (κ2) is 6.38. The smallest absolute Gasteiger partial charge is 0.406 e. The minimum absolute atomic E-state index is 0.136. The average molecular weight is 344 g/mol. The highest BCUT2D eigenvalue weighted by Crippen LogP contribution is 2.31. The van der Waals surface area contributed by atoms with E-state index < -0.39 is 11.3 Å². The van der Waals surface area contributed by atoms with Crippen molar-refractivity contribution < 1.29 is 22.8 Å². The van der Waals surface area contributed by atoms with Gasteiger partial charge in [0.15, 0.2) is 0 Å². The molecule has 0 aliphatic carbocycles. The predicted octanol–water partition coefficient (Wildman–Crippen LogP) is 3.17. The summed E-state index contributed by atoms with van der Waals surface area (Å²) in [7, 11) is 3.16. The molecule has 1 heterocycles. The van der Waals surface area contributed by atoms with Gasteiger partial charge in [0.2, 0.25) is 5.82 Å². The summed E-state index contributed by atoms with van der Waals surface area (Å²) in [6, 6.07) is 5.45. The van der Waals surface area contributed by atoms with E-state index in [1.807, 2.05) is 0 Å². The highest BCUT2D eigenvalue weighted by atomic mass is 19.4. The van der Waals surface area contributed by atoms with Gasteiger partial charge in [-0.15, -0.1) is 13.2 Å². The van der Waals surface area contributed by atoms with Crippen molar-refractivity contribution in [3.05, 3.63) is 45.6 Å². The molecular formula is C14H15F3N4O3. The molecular weight excluding hydrogens is 329 g/mol. The zero-order valence-electron chi connectivity index (χ0n) is 13.2. The van der Waals surface area contributed by atoms with Crippen LogP contribution in [0.2, 0.25) is 0 Å². The Morgan fingerprint density at radius 3 is 2.67 bits per heavy atom. The number of anilines is 1. The molecule has 130 valence electrons. The van der Waals surface area contributed by atoms with Crippen molar-refractivity contribution in [2.75, 3.05) is 11.9 Å². The third kappa shape index (κ3) is 3.94. The summed E-state index contributed by atoms with van der Waals surface area (Å²) >= 11 is 0. The van der Waals surface area contributed by atoms with E-state index >= 15 is 0 Å². The lowest BCUT2D eigenvalue weighted by Gasteiger charge is -2.19. The average Bonchev–Trinajstić information content (AvgIpc) is 2.71. The fourth-order valence-corrected chi connectivity index (χ4v) is 2.47. The summed E-state index contributed by atoms with van der Waals surface area (Å²) in [6.07, 6.45) is -4.78. The molecule has 0 aliphatic rings. The van der Waals surface area contributed by atoms with Gasteiger partial charge in [-0.25, -0.2) is 4.68 Å². The maximum atomic E-state index is 12.3. The van der Waals surface area contributed by atoms with Crippen LogP contribution in [0.25, 0.3) is 0 Å². The van der Waals surface area contributed by atoms with Gasteiger partial charge in [0.25, 0.3) is 0 Å².